The molecule has 2 N–H and O–H groups in total. The minimum Gasteiger partial charge on any atom is -0.408 e. The Kier molecular flexibility index (Phi) is 4.00. The maximum Gasteiger partial charge on any atom is 0.417 e. The number of carbonyl (C=O) groups is 1. The van der Waals surface area contributed by atoms with Crippen LogP contribution in [-0.4, -0.2) is 38.8 Å². The summed E-state index contributed by atoms with van der Waals surface area (Å²) in [6, 6.07) is 14.0. The van der Waals surface area contributed by atoms with Crippen LogP contribution >= 0.6 is 0 Å². The van der Waals surface area contributed by atoms with E-state index < -0.39 is 5.76 Å². The Hall–Kier alpha value is -3.35. The molecule has 1 amide bonds. The highest BCUT2D eigenvalue weighted by Gasteiger charge is 2.26. The lowest BCUT2D eigenvalue weighted by atomic mass is 9.90. The molecule has 1 saturated heterocycles. The van der Waals surface area contributed by atoms with E-state index in [2.05, 4.69) is 39.2 Å². The molecule has 0 unspecified atom stereocenters. The third-order valence-electron chi connectivity index (χ3n) is 5.52. The van der Waals surface area contributed by atoms with Crippen LogP contribution < -0.4 is 5.76 Å². The van der Waals surface area contributed by atoms with Gasteiger partial charge in [0.2, 0.25) is 0 Å². The number of piperidine rings is 1. The van der Waals surface area contributed by atoms with E-state index in [0.29, 0.717) is 33.9 Å². The lowest BCUT2D eigenvalue weighted by molar-refractivity contribution is 0.0679. The second-order valence-electron chi connectivity index (χ2n) is 7.36. The van der Waals surface area contributed by atoms with E-state index >= 15 is 0 Å². The van der Waals surface area contributed by atoms with Crippen molar-refractivity contribution < 1.29 is 9.21 Å². The van der Waals surface area contributed by atoms with Crippen LogP contribution in [0.1, 0.15) is 29.0 Å². The molecule has 0 spiro atoms. The number of nitrogens with zero attached hydrogens (tertiary/aromatic N) is 2. The number of aromatic amines is 2. The lowest BCUT2D eigenvalue weighted by Gasteiger charge is -2.31. The van der Waals surface area contributed by atoms with Crippen LogP contribution in [0.4, 0.5) is 0 Å². The Morgan fingerprint density at radius 2 is 1.89 bits per heavy atom. The van der Waals surface area contributed by atoms with E-state index in [4.69, 9.17) is 4.42 Å². The summed E-state index contributed by atoms with van der Waals surface area (Å²) in [7, 11) is 0. The van der Waals surface area contributed by atoms with Crippen molar-refractivity contribution in [3.8, 4) is 0 Å². The van der Waals surface area contributed by atoms with Crippen molar-refractivity contribution in [2.75, 3.05) is 13.1 Å². The van der Waals surface area contributed by atoms with Crippen LogP contribution in [0, 0.1) is 5.92 Å². The molecular weight excluding hydrogens is 356 g/mol. The van der Waals surface area contributed by atoms with Crippen LogP contribution in [0.25, 0.3) is 22.1 Å². The van der Waals surface area contributed by atoms with Gasteiger partial charge < -0.3 is 14.3 Å². The number of nitrogens with one attached hydrogen (secondary N) is 2. The highest BCUT2D eigenvalue weighted by Crippen LogP contribution is 2.24. The smallest absolute Gasteiger partial charge is 0.408 e. The van der Waals surface area contributed by atoms with E-state index in [1.807, 2.05) is 11.0 Å². The Bertz CT molecular complexity index is 1200. The summed E-state index contributed by atoms with van der Waals surface area (Å²) in [4.78, 5) is 36.4. The zero-order valence-corrected chi connectivity index (χ0v) is 15.3. The van der Waals surface area contributed by atoms with Gasteiger partial charge in [-0.05, 0) is 42.9 Å². The van der Waals surface area contributed by atoms with Crippen LogP contribution in [0.3, 0.4) is 0 Å². The minimum atomic E-state index is -0.529. The van der Waals surface area contributed by atoms with Gasteiger partial charge in [0.15, 0.2) is 11.4 Å². The molecule has 2 aromatic carbocycles. The van der Waals surface area contributed by atoms with Gasteiger partial charge in [0.05, 0.1) is 5.52 Å². The van der Waals surface area contributed by atoms with Gasteiger partial charge in [-0.1, -0.05) is 30.3 Å². The molecule has 7 heteroatoms. The molecule has 1 fully saturated rings. The fourth-order valence-corrected chi connectivity index (χ4v) is 4.03. The number of likely N-dealkylation sites (tertiary alicyclic amines) is 1. The number of benzene rings is 2. The molecule has 5 rings (SSSR count). The van der Waals surface area contributed by atoms with Crippen LogP contribution in [0.15, 0.2) is 51.7 Å². The zero-order chi connectivity index (χ0) is 19.1. The molecule has 0 atom stereocenters. The van der Waals surface area contributed by atoms with Crippen molar-refractivity contribution >= 4 is 28.0 Å². The van der Waals surface area contributed by atoms with Gasteiger partial charge in [-0.25, -0.2) is 9.78 Å². The fourth-order valence-electron chi connectivity index (χ4n) is 4.03. The van der Waals surface area contributed by atoms with Crippen molar-refractivity contribution in [3.63, 3.8) is 0 Å². The van der Waals surface area contributed by atoms with Gasteiger partial charge in [-0.2, -0.15) is 0 Å². The Balaban J connectivity index is 1.31. The van der Waals surface area contributed by atoms with Gasteiger partial charge in [0, 0.05) is 13.1 Å². The van der Waals surface area contributed by atoms with Crippen LogP contribution in [0.2, 0.25) is 0 Å². The Morgan fingerprint density at radius 1 is 1.11 bits per heavy atom. The largest absolute Gasteiger partial charge is 0.417 e. The van der Waals surface area contributed by atoms with Crippen molar-refractivity contribution in [3.05, 3.63) is 64.4 Å². The molecule has 0 bridgehead atoms. The molecule has 4 aromatic rings. The van der Waals surface area contributed by atoms with Gasteiger partial charge in [0.25, 0.3) is 5.91 Å². The number of aromatic nitrogens is 3. The maximum atomic E-state index is 12.9. The summed E-state index contributed by atoms with van der Waals surface area (Å²) >= 11 is 0. The first-order valence-electron chi connectivity index (χ1n) is 9.52. The van der Waals surface area contributed by atoms with Crippen LogP contribution in [0.5, 0.6) is 0 Å². The molecule has 142 valence electrons. The quantitative estimate of drug-likeness (QED) is 0.574. The first-order valence-corrected chi connectivity index (χ1v) is 9.52. The molecule has 2 aromatic heterocycles. The van der Waals surface area contributed by atoms with E-state index in [-0.39, 0.29) is 5.91 Å². The molecule has 0 radical (unpaired) electrons. The number of hydrogen-bond donors (Lipinski definition) is 2. The molecule has 3 heterocycles. The van der Waals surface area contributed by atoms with Gasteiger partial charge in [-0.3, -0.25) is 9.78 Å². The number of oxazole rings is 1. The molecule has 0 saturated carbocycles. The van der Waals surface area contributed by atoms with Gasteiger partial charge >= 0.3 is 5.76 Å². The Morgan fingerprint density at radius 3 is 2.68 bits per heavy atom. The normalized spacial score (nSPS) is 15.5. The minimum absolute atomic E-state index is 0.103. The predicted molar refractivity (Wildman–Crippen MR) is 105 cm³/mol. The van der Waals surface area contributed by atoms with Crippen molar-refractivity contribution in [2.45, 2.75) is 19.3 Å². The van der Waals surface area contributed by atoms with E-state index in [0.717, 1.165) is 32.4 Å². The first kappa shape index (κ1) is 16.8. The first-order chi connectivity index (χ1) is 13.7. The van der Waals surface area contributed by atoms with E-state index in [9.17, 15) is 9.59 Å². The number of imidazole rings is 1. The number of H-pyrrole nitrogens is 2. The summed E-state index contributed by atoms with van der Waals surface area (Å²) in [5.74, 6) is 0.260. The zero-order valence-electron chi connectivity index (χ0n) is 15.3. The summed E-state index contributed by atoms with van der Waals surface area (Å²) in [5, 5.41) is 0. The SMILES string of the molecule is O=C(c1nc2c(ccc3oc(=O)[nH]c32)[nH]1)N1CCC(Cc2ccccc2)CC1. The predicted octanol–water partition coefficient (Wildman–Crippen LogP) is 3.09. The number of amides is 1. The van der Waals surface area contributed by atoms with Crippen LogP contribution in [-0.2, 0) is 6.42 Å². The van der Waals surface area contributed by atoms with Crippen molar-refractivity contribution in [1.82, 2.24) is 19.9 Å². The number of hydrogen-bond acceptors (Lipinski definition) is 4. The molecule has 1 aliphatic rings. The summed E-state index contributed by atoms with van der Waals surface area (Å²) in [6.45, 7) is 1.46. The van der Waals surface area contributed by atoms with E-state index in [1.165, 1.54) is 5.56 Å². The molecule has 7 nitrogen and oxygen atoms in total. The third kappa shape index (κ3) is 2.98. The number of carbonyl (C=O) groups excluding carboxylic acids is 1. The summed E-state index contributed by atoms with van der Waals surface area (Å²) in [6.07, 6.45) is 3.03. The molecule has 1 aliphatic heterocycles. The summed E-state index contributed by atoms with van der Waals surface area (Å²) in [5.41, 5.74) is 3.55. The van der Waals surface area contributed by atoms with Crippen molar-refractivity contribution in [1.29, 1.82) is 0 Å². The standard InChI is InChI=1S/C21H20N4O3/c26-20(25-10-8-14(9-11-25)12-13-4-2-1-3-5-13)19-22-15-6-7-16-18(17(15)23-19)24-21(27)28-16/h1-7,14H,8-12H2,(H,22,23)(H,24,27). The average Bonchev–Trinajstić information content (AvgIpc) is 3.31. The fraction of sp³-hybridized carbons (Fsp3) is 0.286. The van der Waals surface area contributed by atoms with Crippen molar-refractivity contribution in [2.24, 2.45) is 5.92 Å². The number of fused-ring (bicyclic) bond motifs is 3. The average molecular weight is 376 g/mol. The Labute approximate surface area is 160 Å². The molecular formula is C21H20N4O3. The molecule has 0 aliphatic carbocycles. The maximum absolute atomic E-state index is 12.9. The van der Waals surface area contributed by atoms with Gasteiger partial charge in [-0.15, -0.1) is 0 Å². The van der Waals surface area contributed by atoms with E-state index in [1.54, 1.807) is 12.1 Å². The lowest BCUT2D eigenvalue weighted by Crippen LogP contribution is -2.39. The number of rotatable bonds is 3. The third-order valence-corrected chi connectivity index (χ3v) is 5.52. The highest BCUT2D eigenvalue weighted by atomic mass is 16.4. The van der Waals surface area contributed by atoms with Gasteiger partial charge in [0.1, 0.15) is 11.0 Å². The second-order valence-corrected chi connectivity index (χ2v) is 7.36. The monoisotopic (exact) mass is 376 g/mol. The highest BCUT2D eigenvalue weighted by molar-refractivity contribution is 6.02. The summed E-state index contributed by atoms with van der Waals surface area (Å²) < 4.78 is 5.06. The topological polar surface area (TPSA) is 95.0 Å². The second kappa shape index (κ2) is 6.67. The molecule has 28 heavy (non-hydrogen) atoms.